The Labute approximate surface area is 152 Å². The lowest BCUT2D eigenvalue weighted by Crippen LogP contribution is -2.26. The van der Waals surface area contributed by atoms with E-state index in [-0.39, 0.29) is 5.91 Å². The highest BCUT2D eigenvalue weighted by Crippen LogP contribution is 2.34. The molecule has 0 aliphatic carbocycles. The summed E-state index contributed by atoms with van der Waals surface area (Å²) in [5.74, 6) is 0.218. The molecule has 2 aromatic carbocycles. The average Bonchev–Trinajstić information content (AvgIpc) is 2.54. The van der Waals surface area contributed by atoms with Gasteiger partial charge in [-0.3, -0.25) is 4.79 Å². The molecule has 0 unspecified atom stereocenters. The monoisotopic (exact) mass is 366 g/mol. The smallest absolute Gasteiger partial charge is 0.254 e. The molecule has 0 N–H and O–H groups in total. The summed E-state index contributed by atoms with van der Waals surface area (Å²) in [6.45, 7) is 0.494. The highest BCUT2D eigenvalue weighted by Gasteiger charge is 2.17. The van der Waals surface area contributed by atoms with Gasteiger partial charge in [0.05, 0.1) is 17.2 Å². The number of halogens is 2. The van der Waals surface area contributed by atoms with Crippen LogP contribution >= 0.6 is 23.2 Å². The van der Waals surface area contributed by atoms with Crippen LogP contribution in [-0.2, 0) is 6.54 Å². The van der Waals surface area contributed by atoms with Crippen molar-refractivity contribution < 1.29 is 9.53 Å². The van der Waals surface area contributed by atoms with E-state index in [1.807, 2.05) is 43.3 Å². The number of carbonyl (C=O) groups excluding carboxylic acids is 1. The number of methoxy groups -OCH3 is 1. The van der Waals surface area contributed by atoms with Gasteiger partial charge in [-0.25, -0.2) is 0 Å². The van der Waals surface area contributed by atoms with E-state index in [4.69, 9.17) is 27.9 Å². The molecule has 6 heteroatoms. The summed E-state index contributed by atoms with van der Waals surface area (Å²) >= 11 is 12.2. The molecule has 24 heavy (non-hydrogen) atoms. The minimum atomic E-state index is -0.155. The Morgan fingerprint density at radius 3 is 2.04 bits per heavy atom. The van der Waals surface area contributed by atoms with Crippen molar-refractivity contribution in [3.63, 3.8) is 0 Å². The number of benzene rings is 2. The van der Waals surface area contributed by atoms with Crippen LogP contribution in [0.25, 0.3) is 0 Å². The van der Waals surface area contributed by atoms with Crippen LogP contribution in [0, 0.1) is 0 Å². The minimum Gasteiger partial charge on any atom is -0.494 e. The molecule has 0 aliphatic heterocycles. The van der Waals surface area contributed by atoms with Gasteiger partial charge in [0.2, 0.25) is 0 Å². The maximum atomic E-state index is 12.6. The molecule has 0 spiro atoms. The van der Waals surface area contributed by atoms with E-state index in [9.17, 15) is 4.79 Å². The van der Waals surface area contributed by atoms with Crippen LogP contribution in [0.3, 0.4) is 0 Å². The lowest BCUT2D eigenvalue weighted by atomic mass is 10.1. The van der Waals surface area contributed by atoms with Crippen LogP contribution in [0.1, 0.15) is 15.9 Å². The molecule has 0 fully saturated rings. The van der Waals surface area contributed by atoms with Crippen LogP contribution in [0.15, 0.2) is 36.4 Å². The first-order valence-electron chi connectivity index (χ1n) is 7.38. The molecule has 2 rings (SSSR count). The van der Waals surface area contributed by atoms with E-state index in [2.05, 4.69) is 0 Å². The Morgan fingerprint density at radius 1 is 1.04 bits per heavy atom. The molecule has 0 heterocycles. The molecule has 0 aliphatic rings. The van der Waals surface area contributed by atoms with Crippen LogP contribution in [0.5, 0.6) is 5.75 Å². The third kappa shape index (κ3) is 4.13. The summed E-state index contributed by atoms with van der Waals surface area (Å²) in [4.78, 5) is 16.2. The number of hydrogen-bond acceptors (Lipinski definition) is 3. The Kier molecular flexibility index (Phi) is 5.97. The zero-order chi connectivity index (χ0) is 17.9. The molecule has 0 aromatic heterocycles. The third-order valence-electron chi connectivity index (χ3n) is 3.67. The van der Waals surface area contributed by atoms with Gasteiger partial charge < -0.3 is 14.5 Å². The molecule has 128 valence electrons. The second kappa shape index (κ2) is 7.77. The second-order valence-corrected chi connectivity index (χ2v) is 6.51. The third-order valence-corrected chi connectivity index (χ3v) is 4.23. The standard InChI is InChI=1S/C18H20Cl2N2O2/c1-21(2)14-7-5-12(6-8-14)11-22(3)18(23)13-9-15(19)17(24-4)16(20)10-13/h5-10H,11H2,1-4H3. The van der Waals surface area contributed by atoms with E-state index in [0.717, 1.165) is 11.3 Å². The highest BCUT2D eigenvalue weighted by atomic mass is 35.5. The van der Waals surface area contributed by atoms with Crippen LogP contribution in [-0.4, -0.2) is 39.1 Å². The van der Waals surface area contributed by atoms with E-state index >= 15 is 0 Å². The van der Waals surface area contributed by atoms with Crippen molar-refractivity contribution in [3.8, 4) is 5.75 Å². The first-order chi connectivity index (χ1) is 11.3. The van der Waals surface area contributed by atoms with Gasteiger partial charge in [0.15, 0.2) is 5.75 Å². The Hall–Kier alpha value is -1.91. The van der Waals surface area contributed by atoms with E-state index in [1.165, 1.54) is 7.11 Å². The fourth-order valence-electron chi connectivity index (χ4n) is 2.34. The molecule has 0 atom stereocenters. The molecular formula is C18H20Cl2N2O2. The molecule has 4 nitrogen and oxygen atoms in total. The lowest BCUT2D eigenvalue weighted by Gasteiger charge is -2.19. The van der Waals surface area contributed by atoms with Gasteiger partial charge in [-0.1, -0.05) is 35.3 Å². The number of nitrogens with zero attached hydrogens (tertiary/aromatic N) is 2. The first-order valence-corrected chi connectivity index (χ1v) is 8.14. The van der Waals surface area contributed by atoms with Gasteiger partial charge in [0.25, 0.3) is 5.91 Å². The predicted octanol–water partition coefficient (Wildman–Crippen LogP) is 4.34. The average molecular weight is 367 g/mol. The molecule has 0 bridgehead atoms. The maximum Gasteiger partial charge on any atom is 0.254 e. The van der Waals surface area contributed by atoms with Gasteiger partial charge in [-0.05, 0) is 29.8 Å². The van der Waals surface area contributed by atoms with Crippen molar-refractivity contribution in [1.29, 1.82) is 0 Å². The second-order valence-electron chi connectivity index (χ2n) is 5.70. The quantitative estimate of drug-likeness (QED) is 0.788. The topological polar surface area (TPSA) is 32.8 Å². The van der Waals surface area contributed by atoms with E-state index < -0.39 is 0 Å². The molecule has 0 saturated carbocycles. The van der Waals surface area contributed by atoms with Gasteiger partial charge in [-0.2, -0.15) is 0 Å². The summed E-state index contributed by atoms with van der Waals surface area (Å²) in [7, 11) is 7.20. The van der Waals surface area contributed by atoms with Gasteiger partial charge >= 0.3 is 0 Å². The van der Waals surface area contributed by atoms with Crippen LogP contribution in [0.4, 0.5) is 5.69 Å². The van der Waals surface area contributed by atoms with Crippen molar-refractivity contribution in [2.45, 2.75) is 6.54 Å². The summed E-state index contributed by atoms with van der Waals surface area (Å²) in [5.41, 5.74) is 2.59. The maximum absolute atomic E-state index is 12.6. The SMILES string of the molecule is COc1c(Cl)cc(C(=O)N(C)Cc2ccc(N(C)C)cc2)cc1Cl. The van der Waals surface area contributed by atoms with Crippen molar-refractivity contribution in [2.24, 2.45) is 0 Å². The first kappa shape index (κ1) is 18.4. The van der Waals surface area contributed by atoms with Crippen molar-refractivity contribution in [1.82, 2.24) is 4.90 Å². The summed E-state index contributed by atoms with van der Waals surface area (Å²) in [5, 5.41) is 0.633. The summed E-state index contributed by atoms with van der Waals surface area (Å²) < 4.78 is 5.10. The number of amides is 1. The van der Waals surface area contributed by atoms with Crippen molar-refractivity contribution in [2.75, 3.05) is 33.2 Å². The number of carbonyl (C=O) groups is 1. The zero-order valence-electron chi connectivity index (χ0n) is 14.1. The van der Waals surface area contributed by atoms with Crippen LogP contribution in [0.2, 0.25) is 10.0 Å². The summed E-state index contributed by atoms with van der Waals surface area (Å²) in [6, 6.07) is 11.2. The molecule has 2 aromatic rings. The number of rotatable bonds is 5. The van der Waals surface area contributed by atoms with E-state index in [0.29, 0.717) is 27.9 Å². The Balaban J connectivity index is 2.15. The van der Waals surface area contributed by atoms with Gasteiger partial charge in [-0.15, -0.1) is 0 Å². The van der Waals surface area contributed by atoms with Crippen LogP contribution < -0.4 is 9.64 Å². The minimum absolute atomic E-state index is 0.155. The van der Waals surface area contributed by atoms with Gasteiger partial charge in [0, 0.05) is 38.9 Å². The lowest BCUT2D eigenvalue weighted by molar-refractivity contribution is 0.0785. The molecule has 0 saturated heterocycles. The Bertz CT molecular complexity index is 707. The zero-order valence-corrected chi connectivity index (χ0v) is 15.6. The fraction of sp³-hybridized carbons (Fsp3) is 0.278. The van der Waals surface area contributed by atoms with Crippen molar-refractivity contribution >= 4 is 34.8 Å². The predicted molar refractivity (Wildman–Crippen MR) is 99.6 cm³/mol. The highest BCUT2D eigenvalue weighted by molar-refractivity contribution is 6.37. The van der Waals surface area contributed by atoms with Crippen molar-refractivity contribution in [3.05, 3.63) is 57.6 Å². The number of ether oxygens (including phenoxy) is 1. The normalized spacial score (nSPS) is 10.4. The summed E-state index contributed by atoms with van der Waals surface area (Å²) in [6.07, 6.45) is 0. The van der Waals surface area contributed by atoms with Gasteiger partial charge in [0.1, 0.15) is 0 Å². The van der Waals surface area contributed by atoms with E-state index in [1.54, 1.807) is 24.1 Å². The molecular weight excluding hydrogens is 347 g/mol. The molecule has 1 amide bonds. The largest absolute Gasteiger partial charge is 0.494 e. The Morgan fingerprint density at radius 2 is 1.58 bits per heavy atom. The molecule has 0 radical (unpaired) electrons. The number of anilines is 1. The fourth-order valence-corrected chi connectivity index (χ4v) is 2.99. The number of hydrogen-bond donors (Lipinski definition) is 0.